The van der Waals surface area contributed by atoms with Crippen molar-refractivity contribution in [1.82, 2.24) is 10.3 Å². The van der Waals surface area contributed by atoms with E-state index in [-0.39, 0.29) is 5.91 Å². The van der Waals surface area contributed by atoms with Gasteiger partial charge in [0, 0.05) is 25.4 Å². The van der Waals surface area contributed by atoms with Crippen LogP contribution in [0.15, 0.2) is 24.5 Å². The highest BCUT2D eigenvalue weighted by molar-refractivity contribution is 5.75. The molecule has 3 N–H and O–H groups in total. The number of carbonyl (C=O) groups is 1. The number of hydrogen-bond acceptors (Lipinski definition) is 3. The molecule has 4 nitrogen and oxygen atoms in total. The lowest BCUT2D eigenvalue weighted by Gasteiger charge is -2.19. The van der Waals surface area contributed by atoms with Crippen LogP contribution in [0.5, 0.6) is 0 Å². The molecule has 0 radical (unpaired) electrons. The first-order chi connectivity index (χ1) is 9.63. The summed E-state index contributed by atoms with van der Waals surface area (Å²) >= 11 is 0. The summed E-state index contributed by atoms with van der Waals surface area (Å²) < 4.78 is 0. The molecule has 0 aromatic carbocycles. The third-order valence-corrected chi connectivity index (χ3v) is 3.71. The van der Waals surface area contributed by atoms with E-state index in [1.807, 2.05) is 12.1 Å². The van der Waals surface area contributed by atoms with Gasteiger partial charge >= 0.3 is 0 Å². The fourth-order valence-electron chi connectivity index (χ4n) is 2.33. The Balaban J connectivity index is 2.20. The molecule has 20 heavy (non-hydrogen) atoms. The minimum absolute atomic E-state index is 0.140. The van der Waals surface area contributed by atoms with Gasteiger partial charge in [0.25, 0.3) is 0 Å². The van der Waals surface area contributed by atoms with Gasteiger partial charge in [-0.2, -0.15) is 0 Å². The predicted octanol–water partition coefficient (Wildman–Crippen LogP) is 2.14. The van der Waals surface area contributed by atoms with Crippen molar-refractivity contribution < 1.29 is 4.79 Å². The van der Waals surface area contributed by atoms with Crippen molar-refractivity contribution in [3.63, 3.8) is 0 Å². The second-order valence-electron chi connectivity index (χ2n) is 5.58. The van der Waals surface area contributed by atoms with E-state index in [0.29, 0.717) is 31.3 Å². The lowest BCUT2D eigenvalue weighted by atomic mass is 9.88. The highest BCUT2D eigenvalue weighted by atomic mass is 16.1. The molecule has 0 spiro atoms. The average molecular weight is 277 g/mol. The second kappa shape index (κ2) is 9.48. The van der Waals surface area contributed by atoms with Crippen LogP contribution in [0.25, 0.3) is 0 Å². The minimum atomic E-state index is 0.140. The van der Waals surface area contributed by atoms with E-state index in [1.165, 1.54) is 5.56 Å². The normalized spacial score (nSPS) is 12.4. The maximum atomic E-state index is 11.8. The number of carbonyl (C=O) groups excluding carboxylic acids is 1. The highest BCUT2D eigenvalue weighted by Gasteiger charge is 2.14. The number of nitrogens with zero attached hydrogens (tertiary/aromatic N) is 1. The molecule has 0 bridgehead atoms. The maximum absolute atomic E-state index is 11.8. The number of nitrogens with two attached hydrogens (primary N) is 1. The molecule has 112 valence electrons. The summed E-state index contributed by atoms with van der Waals surface area (Å²) in [6, 6.07) is 3.95. The van der Waals surface area contributed by atoms with E-state index in [0.717, 1.165) is 19.3 Å². The van der Waals surface area contributed by atoms with Gasteiger partial charge in [-0.1, -0.05) is 13.8 Å². The Morgan fingerprint density at radius 3 is 2.60 bits per heavy atom. The van der Waals surface area contributed by atoms with Crippen molar-refractivity contribution in [3.8, 4) is 0 Å². The molecule has 1 aromatic heterocycles. The molecular weight excluding hydrogens is 250 g/mol. The van der Waals surface area contributed by atoms with Gasteiger partial charge in [-0.05, 0) is 55.3 Å². The molecular formula is C16H27N3O. The summed E-state index contributed by atoms with van der Waals surface area (Å²) in [5, 5.41) is 2.98. The first kappa shape index (κ1) is 16.6. The number of pyridine rings is 1. The van der Waals surface area contributed by atoms with Crippen LogP contribution >= 0.6 is 0 Å². The highest BCUT2D eigenvalue weighted by Crippen LogP contribution is 2.20. The van der Waals surface area contributed by atoms with Gasteiger partial charge < -0.3 is 11.1 Å². The van der Waals surface area contributed by atoms with E-state index in [2.05, 4.69) is 24.1 Å². The molecule has 1 unspecified atom stereocenters. The van der Waals surface area contributed by atoms with E-state index in [1.54, 1.807) is 12.4 Å². The zero-order chi connectivity index (χ0) is 14.8. The molecule has 1 amide bonds. The molecule has 0 aliphatic rings. The van der Waals surface area contributed by atoms with Gasteiger partial charge in [-0.15, -0.1) is 0 Å². The van der Waals surface area contributed by atoms with Crippen LogP contribution in [0, 0.1) is 11.8 Å². The van der Waals surface area contributed by atoms with Crippen molar-refractivity contribution in [2.45, 2.75) is 39.5 Å². The Morgan fingerprint density at radius 2 is 2.00 bits per heavy atom. The molecule has 1 aromatic rings. The second-order valence-corrected chi connectivity index (χ2v) is 5.58. The Kier molecular flexibility index (Phi) is 7.88. The van der Waals surface area contributed by atoms with Gasteiger partial charge in [0.15, 0.2) is 0 Å². The van der Waals surface area contributed by atoms with Crippen LogP contribution in [0.3, 0.4) is 0 Å². The van der Waals surface area contributed by atoms with Gasteiger partial charge in [0.05, 0.1) is 0 Å². The lowest BCUT2D eigenvalue weighted by Crippen LogP contribution is -2.26. The van der Waals surface area contributed by atoms with Crippen LogP contribution in [0.2, 0.25) is 0 Å². The van der Waals surface area contributed by atoms with E-state index in [4.69, 9.17) is 5.73 Å². The van der Waals surface area contributed by atoms with Crippen LogP contribution in [-0.2, 0) is 11.2 Å². The number of hydrogen-bond donors (Lipinski definition) is 2. The van der Waals surface area contributed by atoms with E-state index < -0.39 is 0 Å². The fourth-order valence-corrected chi connectivity index (χ4v) is 2.33. The molecule has 0 saturated heterocycles. The van der Waals surface area contributed by atoms with Gasteiger partial charge in [-0.25, -0.2) is 0 Å². The molecule has 0 saturated carbocycles. The maximum Gasteiger partial charge on any atom is 0.220 e. The van der Waals surface area contributed by atoms with Crippen LogP contribution in [0.1, 0.15) is 38.7 Å². The quantitative estimate of drug-likeness (QED) is 0.726. The molecule has 0 aliphatic heterocycles. The Bertz CT molecular complexity index is 379. The van der Waals surface area contributed by atoms with Gasteiger partial charge in [0.1, 0.15) is 0 Å². The molecule has 1 atom stereocenters. The van der Waals surface area contributed by atoms with Crippen LogP contribution < -0.4 is 11.1 Å². The number of aromatic nitrogens is 1. The minimum Gasteiger partial charge on any atom is -0.356 e. The Morgan fingerprint density at radius 1 is 1.30 bits per heavy atom. The van der Waals surface area contributed by atoms with E-state index >= 15 is 0 Å². The Labute approximate surface area is 122 Å². The van der Waals surface area contributed by atoms with Crippen molar-refractivity contribution in [1.29, 1.82) is 0 Å². The SMILES string of the molecule is CC(C)C(CCN)CCC(=O)NCCc1ccncc1. The molecule has 0 fully saturated rings. The van der Waals surface area contributed by atoms with Crippen molar-refractivity contribution in [3.05, 3.63) is 30.1 Å². The Hall–Kier alpha value is -1.42. The lowest BCUT2D eigenvalue weighted by molar-refractivity contribution is -0.121. The molecule has 1 heterocycles. The van der Waals surface area contributed by atoms with Crippen molar-refractivity contribution in [2.24, 2.45) is 17.6 Å². The van der Waals surface area contributed by atoms with Crippen LogP contribution in [-0.4, -0.2) is 24.0 Å². The number of rotatable bonds is 9. The number of nitrogens with one attached hydrogen (secondary N) is 1. The fraction of sp³-hybridized carbons (Fsp3) is 0.625. The average Bonchev–Trinajstić information content (AvgIpc) is 2.44. The third-order valence-electron chi connectivity index (χ3n) is 3.71. The standard InChI is InChI=1S/C16H27N3O/c1-13(2)15(5-9-17)3-4-16(20)19-12-8-14-6-10-18-11-7-14/h6-7,10-11,13,15H,3-5,8-9,12,17H2,1-2H3,(H,19,20). The molecule has 0 aliphatic carbocycles. The zero-order valence-corrected chi connectivity index (χ0v) is 12.6. The third kappa shape index (κ3) is 6.66. The van der Waals surface area contributed by atoms with Gasteiger partial charge in [-0.3, -0.25) is 9.78 Å². The molecule has 1 rings (SSSR count). The largest absolute Gasteiger partial charge is 0.356 e. The smallest absolute Gasteiger partial charge is 0.220 e. The topological polar surface area (TPSA) is 68.0 Å². The first-order valence-electron chi connectivity index (χ1n) is 7.49. The van der Waals surface area contributed by atoms with Crippen molar-refractivity contribution in [2.75, 3.05) is 13.1 Å². The van der Waals surface area contributed by atoms with Crippen LogP contribution in [0.4, 0.5) is 0 Å². The zero-order valence-electron chi connectivity index (χ0n) is 12.6. The monoisotopic (exact) mass is 277 g/mol. The summed E-state index contributed by atoms with van der Waals surface area (Å²) in [6.45, 7) is 5.78. The summed E-state index contributed by atoms with van der Waals surface area (Å²) in [4.78, 5) is 15.8. The first-order valence-corrected chi connectivity index (χ1v) is 7.49. The number of amides is 1. The summed E-state index contributed by atoms with van der Waals surface area (Å²) in [6.07, 6.45) is 6.93. The van der Waals surface area contributed by atoms with Gasteiger partial charge in [0.2, 0.25) is 5.91 Å². The summed E-state index contributed by atoms with van der Waals surface area (Å²) in [5.74, 6) is 1.27. The predicted molar refractivity (Wildman–Crippen MR) is 82.2 cm³/mol. The summed E-state index contributed by atoms with van der Waals surface area (Å²) in [7, 11) is 0. The molecule has 4 heteroatoms. The summed E-state index contributed by atoms with van der Waals surface area (Å²) in [5.41, 5.74) is 6.81. The van der Waals surface area contributed by atoms with Crippen molar-refractivity contribution >= 4 is 5.91 Å². The van der Waals surface area contributed by atoms with E-state index in [9.17, 15) is 4.79 Å².